The number of carbonyl (C=O) groups excluding carboxylic acids is 1. The van der Waals surface area contributed by atoms with Crippen LogP contribution in [0.1, 0.15) is 24.5 Å². The second kappa shape index (κ2) is 7.42. The van der Waals surface area contributed by atoms with Crippen molar-refractivity contribution < 1.29 is 13.2 Å². The van der Waals surface area contributed by atoms with Crippen LogP contribution in [0, 0.1) is 0 Å². The van der Waals surface area contributed by atoms with Gasteiger partial charge in [0.1, 0.15) is 5.25 Å². The van der Waals surface area contributed by atoms with E-state index in [-0.39, 0.29) is 5.75 Å². The summed E-state index contributed by atoms with van der Waals surface area (Å²) >= 11 is 7.20. The van der Waals surface area contributed by atoms with E-state index < -0.39 is 21.0 Å². The third-order valence-electron chi connectivity index (χ3n) is 3.27. The van der Waals surface area contributed by atoms with Crippen LogP contribution in [0.3, 0.4) is 0 Å². The van der Waals surface area contributed by atoms with Gasteiger partial charge in [-0.3, -0.25) is 4.79 Å². The fraction of sp³-hybridized carbons (Fsp3) is 0.333. The number of amides is 1. The lowest BCUT2D eigenvalue weighted by Crippen LogP contribution is -2.33. The molecule has 1 aromatic carbocycles. The number of rotatable bonds is 6. The largest absolute Gasteiger partial charge is 0.325 e. The van der Waals surface area contributed by atoms with Gasteiger partial charge in [-0.15, -0.1) is 11.3 Å². The molecule has 1 unspecified atom stereocenters. The number of nitrogens with one attached hydrogen (secondary N) is 1. The monoisotopic (exact) mass is 372 g/mol. The summed E-state index contributed by atoms with van der Waals surface area (Å²) < 4.78 is 24.7. The fourth-order valence-corrected chi connectivity index (χ4v) is 4.02. The summed E-state index contributed by atoms with van der Waals surface area (Å²) in [5.41, 5.74) is 0.987. The first kappa shape index (κ1) is 17.9. The second-order valence-corrected chi connectivity index (χ2v) is 8.73. The highest BCUT2D eigenvalue weighted by Gasteiger charge is 2.29. The van der Waals surface area contributed by atoms with Crippen LogP contribution in [0.15, 0.2) is 29.6 Å². The molecule has 0 saturated carbocycles. The summed E-state index contributed by atoms with van der Waals surface area (Å²) in [5.74, 6) is -0.808. The maximum atomic E-state index is 12.4. The Morgan fingerprint density at radius 2 is 2.00 bits per heavy atom. The number of thiazole rings is 1. The predicted octanol–water partition coefficient (Wildman–Crippen LogP) is 3.30. The van der Waals surface area contributed by atoms with Crippen molar-refractivity contribution in [1.29, 1.82) is 0 Å². The van der Waals surface area contributed by atoms with E-state index in [0.29, 0.717) is 16.4 Å². The Morgan fingerprint density at radius 1 is 1.35 bits per heavy atom. The molecule has 2 aromatic rings. The number of hydrogen-bond donors (Lipinski definition) is 1. The molecular weight excluding hydrogens is 356 g/mol. The molecule has 1 amide bonds. The Kier molecular flexibility index (Phi) is 5.78. The lowest BCUT2D eigenvalue weighted by Gasteiger charge is -2.12. The van der Waals surface area contributed by atoms with Gasteiger partial charge < -0.3 is 5.32 Å². The van der Waals surface area contributed by atoms with Gasteiger partial charge in [0.15, 0.2) is 9.84 Å². The van der Waals surface area contributed by atoms with Gasteiger partial charge in [-0.25, -0.2) is 13.4 Å². The number of aryl methyl sites for hydroxylation is 1. The van der Waals surface area contributed by atoms with E-state index in [1.165, 1.54) is 18.3 Å². The lowest BCUT2D eigenvalue weighted by molar-refractivity contribution is -0.115. The van der Waals surface area contributed by atoms with E-state index in [0.717, 1.165) is 11.4 Å². The van der Waals surface area contributed by atoms with Crippen molar-refractivity contribution in [3.63, 3.8) is 0 Å². The molecule has 23 heavy (non-hydrogen) atoms. The highest BCUT2D eigenvalue weighted by atomic mass is 35.5. The van der Waals surface area contributed by atoms with Crippen molar-refractivity contribution in [2.24, 2.45) is 0 Å². The Hall–Kier alpha value is -1.44. The number of anilines is 1. The van der Waals surface area contributed by atoms with Crippen LogP contribution in [0.2, 0.25) is 5.02 Å². The molecule has 5 nitrogen and oxygen atoms in total. The molecule has 0 aliphatic rings. The van der Waals surface area contributed by atoms with Crippen molar-refractivity contribution in [2.45, 2.75) is 31.3 Å². The normalized spacial score (nSPS) is 12.8. The van der Waals surface area contributed by atoms with E-state index in [9.17, 15) is 13.2 Å². The molecule has 0 aliphatic carbocycles. The number of hydrogen-bond acceptors (Lipinski definition) is 5. The molecule has 1 N–H and O–H groups in total. The minimum absolute atomic E-state index is 0.237. The van der Waals surface area contributed by atoms with E-state index in [4.69, 9.17) is 11.6 Å². The number of sulfone groups is 1. The van der Waals surface area contributed by atoms with Crippen molar-refractivity contribution in [2.75, 3.05) is 5.32 Å². The molecule has 1 aromatic heterocycles. The summed E-state index contributed by atoms with van der Waals surface area (Å²) in [6.45, 7) is 3.34. The quantitative estimate of drug-likeness (QED) is 0.844. The highest BCUT2D eigenvalue weighted by Crippen LogP contribution is 2.18. The average molecular weight is 373 g/mol. The smallest absolute Gasteiger partial charge is 0.242 e. The van der Waals surface area contributed by atoms with Crippen LogP contribution in [0.4, 0.5) is 5.69 Å². The molecule has 0 spiro atoms. The number of halogens is 1. The predicted molar refractivity (Wildman–Crippen MR) is 93.7 cm³/mol. The molecular formula is C15H17ClN2O3S2. The lowest BCUT2D eigenvalue weighted by atomic mass is 10.3. The van der Waals surface area contributed by atoms with Gasteiger partial charge in [0.05, 0.1) is 16.5 Å². The van der Waals surface area contributed by atoms with Crippen LogP contribution in [-0.4, -0.2) is 24.6 Å². The minimum atomic E-state index is -3.63. The molecule has 2 rings (SSSR count). The molecule has 0 bridgehead atoms. The van der Waals surface area contributed by atoms with E-state index in [2.05, 4.69) is 10.3 Å². The van der Waals surface area contributed by atoms with Crippen LogP contribution in [-0.2, 0) is 26.8 Å². The molecule has 0 radical (unpaired) electrons. The number of benzene rings is 1. The van der Waals surface area contributed by atoms with Gasteiger partial charge >= 0.3 is 0 Å². The van der Waals surface area contributed by atoms with Crippen LogP contribution < -0.4 is 5.32 Å². The number of aromatic nitrogens is 1. The summed E-state index contributed by atoms with van der Waals surface area (Å²) in [7, 11) is -3.63. The van der Waals surface area contributed by atoms with Crippen molar-refractivity contribution in [1.82, 2.24) is 4.98 Å². The first-order valence-electron chi connectivity index (χ1n) is 7.03. The summed E-state index contributed by atoms with van der Waals surface area (Å²) in [4.78, 5) is 16.4. The second-order valence-electron chi connectivity index (χ2n) is 5.03. The number of carbonyl (C=O) groups is 1. The van der Waals surface area contributed by atoms with E-state index in [1.54, 1.807) is 29.6 Å². The zero-order valence-electron chi connectivity index (χ0n) is 12.7. The summed E-state index contributed by atoms with van der Waals surface area (Å²) in [6.07, 6.45) is 0.761. The zero-order valence-corrected chi connectivity index (χ0v) is 15.1. The van der Waals surface area contributed by atoms with Crippen LogP contribution in [0.5, 0.6) is 0 Å². The number of nitrogens with zero attached hydrogens (tertiary/aromatic N) is 1. The van der Waals surface area contributed by atoms with Gasteiger partial charge in [0, 0.05) is 16.1 Å². The van der Waals surface area contributed by atoms with Gasteiger partial charge in [-0.1, -0.05) is 18.5 Å². The SMILES string of the molecule is CCc1nc(CS(=O)(=O)C(C)C(=O)Nc2ccc(Cl)cc2)cs1. The first-order valence-corrected chi connectivity index (χ1v) is 10.0. The third kappa shape index (κ3) is 4.76. The first-order chi connectivity index (χ1) is 10.8. The Bertz CT molecular complexity index is 785. The molecule has 124 valence electrons. The van der Waals surface area contributed by atoms with E-state index >= 15 is 0 Å². The molecule has 1 heterocycles. The molecule has 0 fully saturated rings. The Morgan fingerprint density at radius 3 is 2.57 bits per heavy atom. The van der Waals surface area contributed by atoms with Crippen molar-refractivity contribution in [3.05, 3.63) is 45.4 Å². The maximum Gasteiger partial charge on any atom is 0.242 e. The maximum absolute atomic E-state index is 12.4. The molecule has 0 aliphatic heterocycles. The van der Waals surface area contributed by atoms with Crippen LogP contribution in [0.25, 0.3) is 0 Å². The van der Waals surface area contributed by atoms with Gasteiger partial charge in [0.25, 0.3) is 0 Å². The Labute approximate surface area is 144 Å². The fourth-order valence-electron chi connectivity index (χ4n) is 1.85. The summed E-state index contributed by atoms with van der Waals surface area (Å²) in [5, 5.41) is 4.57. The zero-order chi connectivity index (χ0) is 17.0. The van der Waals surface area contributed by atoms with Crippen molar-refractivity contribution >= 4 is 44.4 Å². The standard InChI is InChI=1S/C15H17ClN2O3S2/c1-3-14-17-13(8-22-14)9-23(20,21)10(2)15(19)18-12-6-4-11(16)5-7-12/h4-8,10H,3,9H2,1-2H3,(H,18,19). The molecule has 0 saturated heterocycles. The molecule has 1 atom stereocenters. The highest BCUT2D eigenvalue weighted by molar-refractivity contribution is 7.92. The topological polar surface area (TPSA) is 76.1 Å². The van der Waals surface area contributed by atoms with Gasteiger partial charge in [0.2, 0.25) is 5.91 Å². The average Bonchev–Trinajstić information content (AvgIpc) is 2.95. The summed E-state index contributed by atoms with van der Waals surface area (Å²) in [6, 6.07) is 6.48. The Balaban J connectivity index is 2.06. The molecule has 8 heteroatoms. The van der Waals surface area contributed by atoms with Crippen LogP contribution >= 0.6 is 22.9 Å². The van der Waals surface area contributed by atoms with Gasteiger partial charge in [-0.2, -0.15) is 0 Å². The van der Waals surface area contributed by atoms with Gasteiger partial charge in [-0.05, 0) is 37.6 Å². The third-order valence-corrected chi connectivity index (χ3v) is 6.55. The minimum Gasteiger partial charge on any atom is -0.325 e. The van der Waals surface area contributed by atoms with E-state index in [1.807, 2.05) is 6.92 Å². The van der Waals surface area contributed by atoms with Crippen molar-refractivity contribution in [3.8, 4) is 0 Å².